The third kappa shape index (κ3) is 3.95. The van der Waals surface area contributed by atoms with E-state index in [4.69, 9.17) is 4.74 Å². The van der Waals surface area contributed by atoms with Crippen LogP contribution in [0.3, 0.4) is 0 Å². The van der Waals surface area contributed by atoms with Crippen molar-refractivity contribution >= 4 is 34.4 Å². The van der Waals surface area contributed by atoms with Gasteiger partial charge in [0.2, 0.25) is 0 Å². The van der Waals surface area contributed by atoms with Crippen LogP contribution >= 0.6 is 0 Å². The number of anilines is 3. The number of nitrogens with zero attached hydrogens (tertiary/aromatic N) is 2. The Balaban J connectivity index is 1.78. The Labute approximate surface area is 187 Å². The molecular formula is C26H25N3O3. The summed E-state index contributed by atoms with van der Waals surface area (Å²) in [6, 6.07) is 24.0. The molecule has 0 unspecified atom stereocenters. The van der Waals surface area contributed by atoms with E-state index in [-0.39, 0.29) is 11.6 Å². The first kappa shape index (κ1) is 21.2. The van der Waals surface area contributed by atoms with Crippen molar-refractivity contribution < 1.29 is 14.3 Å². The maximum absolute atomic E-state index is 13.6. The molecule has 0 aliphatic carbocycles. The average Bonchev–Trinajstić information content (AvgIpc) is 3.04. The van der Waals surface area contributed by atoms with Gasteiger partial charge in [-0.3, -0.25) is 9.59 Å². The Morgan fingerprint density at radius 1 is 0.844 bits per heavy atom. The molecule has 2 amide bonds. The maximum atomic E-state index is 13.6. The number of amides is 2. The second-order valence-electron chi connectivity index (χ2n) is 7.53. The van der Waals surface area contributed by atoms with Crippen LogP contribution in [0, 0.1) is 0 Å². The Kier molecular flexibility index (Phi) is 5.94. The van der Waals surface area contributed by atoms with Gasteiger partial charge in [0.1, 0.15) is 11.4 Å². The summed E-state index contributed by atoms with van der Waals surface area (Å²) in [6.45, 7) is 2.29. The molecular weight excluding hydrogens is 402 g/mol. The lowest BCUT2D eigenvalue weighted by Crippen LogP contribution is -2.32. The van der Waals surface area contributed by atoms with Gasteiger partial charge >= 0.3 is 0 Å². The summed E-state index contributed by atoms with van der Waals surface area (Å²) in [7, 11) is 3.93. The highest BCUT2D eigenvalue weighted by Gasteiger charge is 2.41. The zero-order valence-electron chi connectivity index (χ0n) is 18.3. The lowest BCUT2D eigenvalue weighted by atomic mass is 10.0. The number of carbonyl (C=O) groups is 2. The van der Waals surface area contributed by atoms with Crippen LogP contribution in [0.2, 0.25) is 0 Å². The Hall–Kier alpha value is -4.06. The van der Waals surface area contributed by atoms with Crippen LogP contribution in [-0.4, -0.2) is 32.5 Å². The van der Waals surface area contributed by atoms with E-state index in [1.807, 2.05) is 86.6 Å². The van der Waals surface area contributed by atoms with Crippen molar-refractivity contribution in [1.82, 2.24) is 0 Å². The summed E-state index contributed by atoms with van der Waals surface area (Å²) in [5.74, 6) is -0.320. The van der Waals surface area contributed by atoms with Crippen LogP contribution in [0.1, 0.15) is 12.5 Å². The molecule has 1 aliphatic rings. The molecule has 1 N–H and O–H groups in total. The van der Waals surface area contributed by atoms with E-state index in [1.54, 1.807) is 18.2 Å². The number of rotatable bonds is 7. The van der Waals surface area contributed by atoms with Gasteiger partial charge in [-0.15, -0.1) is 0 Å². The van der Waals surface area contributed by atoms with Crippen LogP contribution in [0.4, 0.5) is 17.1 Å². The van der Waals surface area contributed by atoms with E-state index in [9.17, 15) is 9.59 Å². The number of imide groups is 1. The van der Waals surface area contributed by atoms with Gasteiger partial charge in [0.15, 0.2) is 0 Å². The van der Waals surface area contributed by atoms with E-state index in [2.05, 4.69) is 5.32 Å². The smallest absolute Gasteiger partial charge is 0.282 e. The molecule has 3 aromatic carbocycles. The van der Waals surface area contributed by atoms with Gasteiger partial charge in [-0.05, 0) is 48.9 Å². The molecule has 32 heavy (non-hydrogen) atoms. The normalized spacial score (nSPS) is 13.5. The van der Waals surface area contributed by atoms with Crippen LogP contribution in [0.15, 0.2) is 84.6 Å². The summed E-state index contributed by atoms with van der Waals surface area (Å²) in [6.07, 6.45) is 0. The van der Waals surface area contributed by atoms with Gasteiger partial charge in [0.05, 0.1) is 17.9 Å². The van der Waals surface area contributed by atoms with Crippen molar-refractivity contribution in [3.8, 4) is 5.75 Å². The zero-order valence-corrected chi connectivity index (χ0v) is 18.3. The van der Waals surface area contributed by atoms with Crippen molar-refractivity contribution in [2.24, 2.45) is 0 Å². The average molecular weight is 428 g/mol. The monoisotopic (exact) mass is 427 g/mol. The molecule has 0 radical (unpaired) electrons. The standard InChI is InChI=1S/C26H25N3O3/c1-4-32-22-13-9-8-12-21(22)29-25(30)23(18-10-6-5-7-11-18)24(26(29)31)27-19-14-16-20(17-15-19)28(2)3/h5-17,27H,4H2,1-3H3. The molecule has 6 nitrogen and oxygen atoms in total. The zero-order chi connectivity index (χ0) is 22.7. The SMILES string of the molecule is CCOc1ccccc1N1C(=O)C(Nc2ccc(N(C)C)cc2)=C(c2ccccc2)C1=O. The molecule has 1 heterocycles. The minimum Gasteiger partial charge on any atom is -0.492 e. The molecule has 6 heteroatoms. The molecule has 0 saturated carbocycles. The van der Waals surface area contributed by atoms with Crippen LogP contribution in [0.25, 0.3) is 5.57 Å². The third-order valence-electron chi connectivity index (χ3n) is 5.21. The van der Waals surface area contributed by atoms with Crippen molar-refractivity contribution in [3.63, 3.8) is 0 Å². The van der Waals surface area contributed by atoms with Crippen LogP contribution in [-0.2, 0) is 9.59 Å². The van der Waals surface area contributed by atoms with Gasteiger partial charge in [-0.2, -0.15) is 0 Å². The van der Waals surface area contributed by atoms with Gasteiger partial charge in [0, 0.05) is 25.5 Å². The summed E-state index contributed by atoms with van der Waals surface area (Å²) >= 11 is 0. The van der Waals surface area contributed by atoms with Gasteiger partial charge in [0.25, 0.3) is 11.8 Å². The second kappa shape index (κ2) is 8.98. The fourth-order valence-corrected chi connectivity index (χ4v) is 3.64. The molecule has 0 atom stereocenters. The molecule has 4 rings (SSSR count). The van der Waals surface area contributed by atoms with Gasteiger partial charge in [-0.25, -0.2) is 4.90 Å². The second-order valence-corrected chi connectivity index (χ2v) is 7.53. The first-order valence-electron chi connectivity index (χ1n) is 10.5. The number of para-hydroxylation sites is 2. The van der Waals surface area contributed by atoms with Gasteiger partial charge < -0.3 is 15.0 Å². The number of carbonyl (C=O) groups excluding carboxylic acids is 2. The largest absolute Gasteiger partial charge is 0.492 e. The molecule has 3 aromatic rings. The highest BCUT2D eigenvalue weighted by Crippen LogP contribution is 2.37. The lowest BCUT2D eigenvalue weighted by Gasteiger charge is -2.19. The predicted molar refractivity (Wildman–Crippen MR) is 128 cm³/mol. The minimum atomic E-state index is -0.419. The Morgan fingerprint density at radius 3 is 2.16 bits per heavy atom. The molecule has 0 spiro atoms. The number of hydrogen-bond acceptors (Lipinski definition) is 5. The van der Waals surface area contributed by atoms with Gasteiger partial charge in [-0.1, -0.05) is 42.5 Å². The van der Waals surface area contributed by atoms with E-state index < -0.39 is 5.91 Å². The Morgan fingerprint density at radius 2 is 1.50 bits per heavy atom. The van der Waals surface area contributed by atoms with Crippen molar-refractivity contribution in [1.29, 1.82) is 0 Å². The fraction of sp³-hybridized carbons (Fsp3) is 0.154. The first-order chi connectivity index (χ1) is 15.5. The van der Waals surface area contributed by atoms with E-state index in [0.29, 0.717) is 29.2 Å². The fourth-order valence-electron chi connectivity index (χ4n) is 3.64. The summed E-state index contributed by atoms with van der Waals surface area (Å²) in [4.78, 5) is 30.3. The van der Waals surface area contributed by atoms with Crippen molar-refractivity contribution in [2.75, 3.05) is 35.8 Å². The summed E-state index contributed by atoms with van der Waals surface area (Å²) in [5.41, 5.74) is 3.44. The highest BCUT2D eigenvalue weighted by molar-refractivity contribution is 6.46. The Bertz CT molecular complexity index is 1170. The molecule has 0 aromatic heterocycles. The number of benzene rings is 3. The quantitative estimate of drug-likeness (QED) is 0.561. The van der Waals surface area contributed by atoms with Crippen molar-refractivity contribution in [3.05, 3.63) is 90.1 Å². The predicted octanol–water partition coefficient (Wildman–Crippen LogP) is 4.55. The number of hydrogen-bond donors (Lipinski definition) is 1. The third-order valence-corrected chi connectivity index (χ3v) is 5.21. The maximum Gasteiger partial charge on any atom is 0.282 e. The lowest BCUT2D eigenvalue weighted by molar-refractivity contribution is -0.120. The molecule has 0 saturated heterocycles. The first-order valence-corrected chi connectivity index (χ1v) is 10.5. The topological polar surface area (TPSA) is 61.9 Å². The van der Waals surface area contributed by atoms with Crippen molar-refractivity contribution in [2.45, 2.75) is 6.92 Å². The molecule has 162 valence electrons. The van der Waals surface area contributed by atoms with E-state index in [1.165, 1.54) is 4.90 Å². The number of ether oxygens (including phenoxy) is 1. The minimum absolute atomic E-state index is 0.241. The summed E-state index contributed by atoms with van der Waals surface area (Å²) in [5, 5.41) is 3.20. The van der Waals surface area contributed by atoms with E-state index >= 15 is 0 Å². The highest BCUT2D eigenvalue weighted by atomic mass is 16.5. The molecule has 0 bridgehead atoms. The van der Waals surface area contributed by atoms with Crippen LogP contribution < -0.4 is 19.9 Å². The van der Waals surface area contributed by atoms with Crippen LogP contribution in [0.5, 0.6) is 5.75 Å². The van der Waals surface area contributed by atoms with E-state index in [0.717, 1.165) is 11.4 Å². The number of nitrogens with one attached hydrogen (secondary N) is 1. The molecule has 0 fully saturated rings. The molecule has 1 aliphatic heterocycles. The summed E-state index contributed by atoms with van der Waals surface area (Å²) < 4.78 is 5.69.